The second-order valence-corrected chi connectivity index (χ2v) is 19.1. The Hall–Kier alpha value is -1.63. The van der Waals surface area contributed by atoms with E-state index in [1.54, 1.807) is 0 Å². The van der Waals surface area contributed by atoms with E-state index in [-0.39, 0.29) is 29.7 Å². The molecule has 1 aliphatic rings. The van der Waals surface area contributed by atoms with Gasteiger partial charge in [0.05, 0.1) is 25.7 Å². The van der Waals surface area contributed by atoms with Crippen LogP contribution in [0.2, 0.25) is 0 Å². The van der Waals surface area contributed by atoms with E-state index in [0.29, 0.717) is 45.5 Å². The fourth-order valence-corrected chi connectivity index (χ4v) is 9.19. The number of piperidine rings is 1. The average Bonchev–Trinajstić information content (AvgIpc) is 3.24. The van der Waals surface area contributed by atoms with Crippen LogP contribution in [0.15, 0.2) is 0 Å². The summed E-state index contributed by atoms with van der Waals surface area (Å²) in [6.07, 6.45) is 41.9. The maximum atomic E-state index is 12.9. The molecule has 0 bridgehead atoms. The number of unbranched alkanes of at least 4 members (excludes halogenated alkanes) is 16. The van der Waals surface area contributed by atoms with E-state index >= 15 is 0 Å². The Balaban J connectivity index is 2.32. The molecule has 0 radical (unpaired) electrons. The fraction of sp³-hybridized carbons (Fsp3) is 0.943. The van der Waals surface area contributed by atoms with Crippen molar-refractivity contribution < 1.29 is 28.6 Å². The van der Waals surface area contributed by atoms with Crippen molar-refractivity contribution in [1.29, 1.82) is 0 Å². The van der Waals surface area contributed by atoms with Crippen molar-refractivity contribution in [3.63, 3.8) is 0 Å². The lowest BCUT2D eigenvalue weighted by atomic mass is 9.90. The molecule has 1 aliphatic heterocycles. The number of rotatable bonds is 43. The number of hydrogen-bond donors (Lipinski definition) is 0. The molecule has 0 N–H and O–H groups in total. The van der Waals surface area contributed by atoms with Crippen LogP contribution < -0.4 is 0 Å². The van der Waals surface area contributed by atoms with Gasteiger partial charge < -0.3 is 19.1 Å². The molecule has 0 amide bonds. The molecule has 1 heterocycles. The second kappa shape index (κ2) is 41.4. The van der Waals surface area contributed by atoms with Gasteiger partial charge in [0.2, 0.25) is 0 Å². The third-order valence-corrected chi connectivity index (χ3v) is 13.4. The molecule has 0 aromatic rings. The Bertz CT molecular complexity index is 902. The van der Waals surface area contributed by atoms with Gasteiger partial charge in [-0.15, -0.1) is 0 Å². The summed E-state index contributed by atoms with van der Waals surface area (Å²) in [7, 11) is 2.09. The smallest absolute Gasteiger partial charge is 0.309 e. The van der Waals surface area contributed by atoms with Crippen LogP contribution in [-0.4, -0.2) is 62.8 Å². The van der Waals surface area contributed by atoms with Crippen molar-refractivity contribution in [3.8, 4) is 0 Å². The molecule has 7 nitrogen and oxygen atoms in total. The highest BCUT2D eigenvalue weighted by molar-refractivity contribution is 5.72. The van der Waals surface area contributed by atoms with Gasteiger partial charge in [0.25, 0.3) is 0 Å². The Morgan fingerprint density at radius 2 is 0.767 bits per heavy atom. The van der Waals surface area contributed by atoms with E-state index < -0.39 is 0 Å². The molecule has 1 fully saturated rings. The highest BCUT2D eigenvalue weighted by Crippen LogP contribution is 2.26. The monoisotopic (exact) mass is 848 g/mol. The van der Waals surface area contributed by atoms with Gasteiger partial charge >= 0.3 is 17.9 Å². The molecule has 0 spiro atoms. The minimum atomic E-state index is -0.128. The molecule has 60 heavy (non-hydrogen) atoms. The molecular formula is C53H101NO6. The van der Waals surface area contributed by atoms with Gasteiger partial charge in [0.1, 0.15) is 0 Å². The van der Waals surface area contributed by atoms with Gasteiger partial charge in [-0.2, -0.15) is 0 Å². The van der Waals surface area contributed by atoms with Crippen molar-refractivity contribution >= 4 is 17.9 Å². The first-order valence-electron chi connectivity index (χ1n) is 26.5. The van der Waals surface area contributed by atoms with Crippen LogP contribution in [0.4, 0.5) is 0 Å². The molecule has 0 aromatic carbocycles. The van der Waals surface area contributed by atoms with E-state index in [0.717, 1.165) is 76.3 Å². The highest BCUT2D eigenvalue weighted by Gasteiger charge is 2.25. The lowest BCUT2D eigenvalue weighted by Crippen LogP contribution is -2.34. The Morgan fingerprint density at radius 3 is 1.15 bits per heavy atom. The summed E-state index contributed by atoms with van der Waals surface area (Å²) in [4.78, 5) is 40.3. The van der Waals surface area contributed by atoms with Gasteiger partial charge in [-0.05, 0) is 89.3 Å². The fourth-order valence-electron chi connectivity index (χ4n) is 9.19. The molecule has 0 atom stereocenters. The van der Waals surface area contributed by atoms with E-state index in [4.69, 9.17) is 14.2 Å². The van der Waals surface area contributed by atoms with Crippen molar-refractivity contribution in [3.05, 3.63) is 0 Å². The number of nitrogens with zero attached hydrogens (tertiary/aromatic N) is 1. The number of esters is 3. The Labute approximate surface area is 372 Å². The molecular weight excluding hydrogens is 747 g/mol. The predicted molar refractivity (Wildman–Crippen MR) is 253 cm³/mol. The molecule has 354 valence electrons. The molecule has 0 aliphatic carbocycles. The minimum absolute atomic E-state index is 0.0298. The van der Waals surface area contributed by atoms with Gasteiger partial charge in [0, 0.05) is 12.8 Å². The Morgan fingerprint density at radius 1 is 0.433 bits per heavy atom. The molecule has 0 unspecified atom stereocenters. The summed E-state index contributed by atoms with van der Waals surface area (Å²) >= 11 is 0. The van der Waals surface area contributed by atoms with Crippen molar-refractivity contribution in [2.45, 2.75) is 259 Å². The van der Waals surface area contributed by atoms with Gasteiger partial charge in [-0.1, -0.05) is 195 Å². The van der Waals surface area contributed by atoms with Crippen LogP contribution in [0.5, 0.6) is 0 Å². The van der Waals surface area contributed by atoms with E-state index in [9.17, 15) is 14.4 Å². The number of likely N-dealkylation sites (tertiary alicyclic amines) is 1. The molecule has 7 heteroatoms. The third-order valence-electron chi connectivity index (χ3n) is 13.4. The standard InChI is InChI=1S/C53H101NO6/c1-6-10-20-30-47(31-21-11-7-2)34-24-16-14-18-26-44-58-51(55)38-28-36-49(46-60-53(57)50-40-42-54(5)43-41-50)37-29-39-52(56)59-45-27-19-15-17-25-35-48(32-22-12-8-3)33-23-13-9-4/h47-50H,6-46H2,1-5H3. The van der Waals surface area contributed by atoms with E-state index in [1.807, 2.05) is 0 Å². The second-order valence-electron chi connectivity index (χ2n) is 19.1. The topological polar surface area (TPSA) is 82.1 Å². The van der Waals surface area contributed by atoms with Crippen LogP contribution in [0, 0.1) is 23.7 Å². The summed E-state index contributed by atoms with van der Waals surface area (Å²) in [6, 6.07) is 0. The van der Waals surface area contributed by atoms with Gasteiger partial charge in [-0.25, -0.2) is 0 Å². The first-order chi connectivity index (χ1) is 29.3. The zero-order valence-electron chi connectivity index (χ0n) is 40.7. The van der Waals surface area contributed by atoms with E-state index in [2.05, 4.69) is 39.6 Å². The van der Waals surface area contributed by atoms with Crippen LogP contribution in [0.25, 0.3) is 0 Å². The largest absolute Gasteiger partial charge is 0.466 e. The lowest BCUT2D eigenvalue weighted by molar-refractivity contribution is -0.152. The normalized spacial score (nSPS) is 13.8. The first-order valence-corrected chi connectivity index (χ1v) is 26.5. The SMILES string of the molecule is CCCCCC(CCCCC)CCCCCCCOC(=O)CCCC(CCCC(=O)OCCCCCCCC(CCCCC)CCCCC)COC(=O)C1CCN(C)CC1. The minimum Gasteiger partial charge on any atom is -0.466 e. The highest BCUT2D eigenvalue weighted by atomic mass is 16.5. The molecule has 1 rings (SSSR count). The van der Waals surface area contributed by atoms with Crippen LogP contribution in [0.1, 0.15) is 259 Å². The molecule has 0 saturated carbocycles. The Kier molecular flexibility index (Phi) is 38.9. The summed E-state index contributed by atoms with van der Waals surface area (Å²) in [5.74, 6) is 1.57. The van der Waals surface area contributed by atoms with Crippen LogP contribution in [-0.2, 0) is 28.6 Å². The number of ether oxygens (including phenoxy) is 3. The van der Waals surface area contributed by atoms with Crippen LogP contribution in [0.3, 0.4) is 0 Å². The van der Waals surface area contributed by atoms with Gasteiger partial charge in [0.15, 0.2) is 0 Å². The lowest BCUT2D eigenvalue weighted by Gasteiger charge is -2.28. The van der Waals surface area contributed by atoms with Crippen molar-refractivity contribution in [2.75, 3.05) is 40.0 Å². The quantitative estimate of drug-likeness (QED) is 0.0343. The molecule has 0 aromatic heterocycles. The number of carbonyl (C=O) groups excluding carboxylic acids is 3. The summed E-state index contributed by atoms with van der Waals surface area (Å²) in [5, 5.41) is 0. The summed E-state index contributed by atoms with van der Waals surface area (Å²) in [6.45, 7) is 12.4. The summed E-state index contributed by atoms with van der Waals surface area (Å²) in [5.41, 5.74) is 0. The number of hydrogen-bond acceptors (Lipinski definition) is 7. The maximum Gasteiger partial charge on any atom is 0.309 e. The zero-order valence-corrected chi connectivity index (χ0v) is 40.7. The van der Waals surface area contributed by atoms with Crippen LogP contribution >= 0.6 is 0 Å². The average molecular weight is 848 g/mol. The number of carbonyl (C=O) groups is 3. The maximum absolute atomic E-state index is 12.9. The zero-order chi connectivity index (χ0) is 43.7. The third kappa shape index (κ3) is 33.9. The molecule has 1 saturated heterocycles. The summed E-state index contributed by atoms with van der Waals surface area (Å²) < 4.78 is 17.1. The predicted octanol–water partition coefficient (Wildman–Crippen LogP) is 15.1. The van der Waals surface area contributed by atoms with Crippen molar-refractivity contribution in [1.82, 2.24) is 4.90 Å². The van der Waals surface area contributed by atoms with Crippen molar-refractivity contribution in [2.24, 2.45) is 23.7 Å². The van der Waals surface area contributed by atoms with Gasteiger partial charge in [-0.3, -0.25) is 14.4 Å². The first kappa shape index (κ1) is 56.4. The van der Waals surface area contributed by atoms with E-state index in [1.165, 1.54) is 154 Å².